The van der Waals surface area contributed by atoms with Crippen molar-refractivity contribution in [2.24, 2.45) is 0 Å². The predicted octanol–water partition coefficient (Wildman–Crippen LogP) is 0.00580. The molecule has 0 unspecified atom stereocenters. The van der Waals surface area contributed by atoms with Crippen LogP contribution in [-0.4, -0.2) is 38.1 Å². The van der Waals surface area contributed by atoms with Gasteiger partial charge in [0.2, 0.25) is 5.91 Å². The molecule has 0 aromatic carbocycles. The Morgan fingerprint density at radius 3 is 2.64 bits per heavy atom. The minimum Gasteiger partial charge on any atom is -0.307 e. The summed E-state index contributed by atoms with van der Waals surface area (Å²) in [4.78, 5) is 17.4. The second-order valence-electron chi connectivity index (χ2n) is 2.53. The SMILES string of the molecule is CCC(=O)NOCCN(C)C. The maximum atomic E-state index is 10.6. The minimum atomic E-state index is -0.0799. The summed E-state index contributed by atoms with van der Waals surface area (Å²) >= 11 is 0. The molecule has 0 aliphatic heterocycles. The van der Waals surface area contributed by atoms with Crippen LogP contribution in [0.2, 0.25) is 0 Å². The Morgan fingerprint density at radius 2 is 2.18 bits per heavy atom. The lowest BCUT2D eigenvalue weighted by Gasteiger charge is -2.09. The van der Waals surface area contributed by atoms with E-state index >= 15 is 0 Å². The number of hydrogen-bond acceptors (Lipinski definition) is 3. The van der Waals surface area contributed by atoms with Crippen LogP contribution in [0.5, 0.6) is 0 Å². The number of carbonyl (C=O) groups excluding carboxylic acids is 1. The smallest absolute Gasteiger partial charge is 0.243 e. The van der Waals surface area contributed by atoms with Crippen molar-refractivity contribution in [3.8, 4) is 0 Å². The summed E-state index contributed by atoms with van der Waals surface area (Å²) in [6, 6.07) is 0. The van der Waals surface area contributed by atoms with Crippen LogP contribution in [0.15, 0.2) is 0 Å². The van der Waals surface area contributed by atoms with Gasteiger partial charge in [-0.2, -0.15) is 0 Å². The fraction of sp³-hybridized carbons (Fsp3) is 0.857. The number of nitrogens with one attached hydrogen (secondary N) is 1. The first-order valence-corrected chi connectivity index (χ1v) is 3.72. The van der Waals surface area contributed by atoms with Crippen molar-refractivity contribution >= 4 is 5.91 Å². The molecule has 0 saturated heterocycles. The molecule has 4 heteroatoms. The molecule has 1 N–H and O–H groups in total. The van der Waals surface area contributed by atoms with Gasteiger partial charge in [-0.3, -0.25) is 9.63 Å². The van der Waals surface area contributed by atoms with Crippen LogP contribution in [0, 0.1) is 0 Å². The van der Waals surface area contributed by atoms with Crippen LogP contribution in [0.4, 0.5) is 0 Å². The number of hydroxylamine groups is 1. The molecule has 66 valence electrons. The van der Waals surface area contributed by atoms with E-state index in [1.807, 2.05) is 19.0 Å². The first-order chi connectivity index (χ1) is 5.16. The second kappa shape index (κ2) is 6.12. The topological polar surface area (TPSA) is 41.6 Å². The van der Waals surface area contributed by atoms with Crippen molar-refractivity contribution in [2.75, 3.05) is 27.2 Å². The zero-order valence-electron chi connectivity index (χ0n) is 7.39. The van der Waals surface area contributed by atoms with Crippen molar-refractivity contribution in [3.63, 3.8) is 0 Å². The van der Waals surface area contributed by atoms with Gasteiger partial charge in [-0.1, -0.05) is 6.92 Å². The van der Waals surface area contributed by atoms with E-state index in [1.54, 1.807) is 6.92 Å². The van der Waals surface area contributed by atoms with E-state index in [0.29, 0.717) is 13.0 Å². The fourth-order valence-corrected chi connectivity index (χ4v) is 0.432. The van der Waals surface area contributed by atoms with Crippen LogP contribution in [0.25, 0.3) is 0 Å². The van der Waals surface area contributed by atoms with Crippen LogP contribution in [0.1, 0.15) is 13.3 Å². The second-order valence-corrected chi connectivity index (χ2v) is 2.53. The number of likely N-dealkylation sites (N-methyl/N-ethyl adjacent to an activating group) is 1. The van der Waals surface area contributed by atoms with Crippen molar-refractivity contribution < 1.29 is 9.63 Å². The molecule has 0 rings (SSSR count). The van der Waals surface area contributed by atoms with Gasteiger partial charge in [-0.25, -0.2) is 5.48 Å². The number of rotatable bonds is 5. The third-order valence-corrected chi connectivity index (χ3v) is 1.15. The maximum Gasteiger partial charge on any atom is 0.243 e. The van der Waals surface area contributed by atoms with Gasteiger partial charge in [0.05, 0.1) is 6.61 Å². The molecule has 4 nitrogen and oxygen atoms in total. The van der Waals surface area contributed by atoms with Gasteiger partial charge in [0.15, 0.2) is 0 Å². The molecule has 0 spiro atoms. The third kappa shape index (κ3) is 7.29. The summed E-state index contributed by atoms with van der Waals surface area (Å²) in [5.41, 5.74) is 2.32. The van der Waals surface area contributed by atoms with Crippen LogP contribution in [-0.2, 0) is 9.63 Å². The Balaban J connectivity index is 3.08. The Hall–Kier alpha value is -0.610. The number of amides is 1. The number of hydrogen-bond donors (Lipinski definition) is 1. The Bertz CT molecular complexity index is 115. The zero-order chi connectivity index (χ0) is 8.69. The Kier molecular flexibility index (Phi) is 5.78. The summed E-state index contributed by atoms with van der Waals surface area (Å²) in [5.74, 6) is -0.0799. The molecule has 0 fully saturated rings. The highest BCUT2D eigenvalue weighted by Crippen LogP contribution is 1.77. The standard InChI is InChI=1S/C7H16N2O2/c1-4-7(10)8-11-6-5-9(2)3/h4-6H2,1-3H3,(H,8,10). The summed E-state index contributed by atoms with van der Waals surface area (Å²) in [5, 5.41) is 0. The summed E-state index contributed by atoms with van der Waals surface area (Å²) in [6.45, 7) is 3.12. The zero-order valence-corrected chi connectivity index (χ0v) is 7.39. The normalized spacial score (nSPS) is 10.2. The minimum absolute atomic E-state index is 0.0799. The Morgan fingerprint density at radius 1 is 1.55 bits per heavy atom. The van der Waals surface area contributed by atoms with Gasteiger partial charge in [-0.15, -0.1) is 0 Å². The third-order valence-electron chi connectivity index (χ3n) is 1.15. The largest absolute Gasteiger partial charge is 0.307 e. The van der Waals surface area contributed by atoms with Crippen LogP contribution in [0.3, 0.4) is 0 Å². The Labute approximate surface area is 67.5 Å². The molecule has 0 heterocycles. The van der Waals surface area contributed by atoms with E-state index in [2.05, 4.69) is 5.48 Å². The first-order valence-electron chi connectivity index (χ1n) is 3.72. The summed E-state index contributed by atoms with van der Waals surface area (Å²) in [7, 11) is 3.90. The molecule has 0 atom stereocenters. The first kappa shape index (κ1) is 10.4. The van der Waals surface area contributed by atoms with E-state index in [-0.39, 0.29) is 5.91 Å². The highest BCUT2D eigenvalue weighted by Gasteiger charge is 1.95. The predicted molar refractivity (Wildman–Crippen MR) is 42.9 cm³/mol. The molecule has 1 amide bonds. The van der Waals surface area contributed by atoms with E-state index in [1.165, 1.54) is 0 Å². The van der Waals surface area contributed by atoms with Gasteiger partial charge in [-0.05, 0) is 14.1 Å². The molecule has 0 aliphatic rings. The van der Waals surface area contributed by atoms with Crippen LogP contribution < -0.4 is 5.48 Å². The van der Waals surface area contributed by atoms with Gasteiger partial charge in [0.25, 0.3) is 0 Å². The molecule has 0 aromatic heterocycles. The van der Waals surface area contributed by atoms with E-state index in [4.69, 9.17) is 4.84 Å². The van der Waals surface area contributed by atoms with Crippen molar-refractivity contribution in [1.82, 2.24) is 10.4 Å². The molecule has 0 saturated carbocycles. The molecule has 0 aliphatic carbocycles. The average molecular weight is 160 g/mol. The highest BCUT2D eigenvalue weighted by molar-refractivity contribution is 5.74. The summed E-state index contributed by atoms with van der Waals surface area (Å²) < 4.78 is 0. The lowest BCUT2D eigenvalue weighted by molar-refractivity contribution is -0.133. The lowest BCUT2D eigenvalue weighted by atomic mass is 10.5. The molecule has 0 bridgehead atoms. The van der Waals surface area contributed by atoms with Gasteiger partial charge >= 0.3 is 0 Å². The number of nitrogens with zero attached hydrogens (tertiary/aromatic N) is 1. The van der Waals surface area contributed by atoms with Gasteiger partial charge in [0, 0.05) is 13.0 Å². The van der Waals surface area contributed by atoms with E-state index in [9.17, 15) is 4.79 Å². The van der Waals surface area contributed by atoms with Gasteiger partial charge < -0.3 is 4.90 Å². The van der Waals surface area contributed by atoms with Gasteiger partial charge in [0.1, 0.15) is 0 Å². The molecular weight excluding hydrogens is 144 g/mol. The molecule has 0 aromatic rings. The number of carbonyl (C=O) groups is 1. The van der Waals surface area contributed by atoms with Crippen LogP contribution >= 0.6 is 0 Å². The summed E-state index contributed by atoms with van der Waals surface area (Å²) in [6.07, 6.45) is 0.460. The van der Waals surface area contributed by atoms with E-state index < -0.39 is 0 Å². The van der Waals surface area contributed by atoms with Crippen molar-refractivity contribution in [3.05, 3.63) is 0 Å². The van der Waals surface area contributed by atoms with E-state index in [0.717, 1.165) is 6.54 Å². The molecular formula is C7H16N2O2. The average Bonchev–Trinajstić information content (AvgIpc) is 1.97. The fourth-order valence-electron chi connectivity index (χ4n) is 0.432. The lowest BCUT2D eigenvalue weighted by Crippen LogP contribution is -2.27. The molecule has 11 heavy (non-hydrogen) atoms. The monoisotopic (exact) mass is 160 g/mol. The maximum absolute atomic E-state index is 10.6. The van der Waals surface area contributed by atoms with Crippen molar-refractivity contribution in [1.29, 1.82) is 0 Å². The quantitative estimate of drug-likeness (QED) is 0.455. The van der Waals surface area contributed by atoms with Crippen molar-refractivity contribution in [2.45, 2.75) is 13.3 Å². The highest BCUT2D eigenvalue weighted by atomic mass is 16.6. The molecule has 0 radical (unpaired) electrons.